The summed E-state index contributed by atoms with van der Waals surface area (Å²) in [6.45, 7) is 7.97. The van der Waals surface area contributed by atoms with Crippen molar-refractivity contribution in [1.82, 2.24) is 9.88 Å². The van der Waals surface area contributed by atoms with Gasteiger partial charge in [-0.25, -0.2) is 4.79 Å². The number of nitrogens with one attached hydrogen (secondary N) is 1. The third-order valence-corrected chi connectivity index (χ3v) is 5.75. The summed E-state index contributed by atoms with van der Waals surface area (Å²) in [4.78, 5) is 12.0. The summed E-state index contributed by atoms with van der Waals surface area (Å²) in [5.74, 6) is -0.532. The predicted octanol–water partition coefficient (Wildman–Crippen LogP) is 5.40. The molecule has 3 rings (SSSR count). The molecule has 1 atom stereocenters. The van der Waals surface area contributed by atoms with Gasteiger partial charge in [0.25, 0.3) is 0 Å². The molecule has 0 bridgehead atoms. The SMILES string of the molecule is Cc1c(CNCC(C)c2ccccc2)c(C(=O)O)c(C)n1Cc1ccc(Cl)cc1. The van der Waals surface area contributed by atoms with Crippen LogP contribution in [0.25, 0.3) is 0 Å². The third kappa shape index (κ3) is 4.89. The number of carboxylic acid groups (broad SMARTS) is 1. The minimum absolute atomic E-state index is 0.349. The fourth-order valence-corrected chi connectivity index (χ4v) is 3.90. The van der Waals surface area contributed by atoms with Crippen molar-refractivity contribution in [1.29, 1.82) is 0 Å². The second kappa shape index (κ2) is 9.29. The van der Waals surface area contributed by atoms with Crippen LogP contribution in [0.4, 0.5) is 0 Å². The van der Waals surface area contributed by atoms with Crippen LogP contribution in [-0.4, -0.2) is 22.2 Å². The van der Waals surface area contributed by atoms with Crippen LogP contribution in [0.15, 0.2) is 54.6 Å². The van der Waals surface area contributed by atoms with Crippen LogP contribution in [-0.2, 0) is 13.1 Å². The van der Waals surface area contributed by atoms with Gasteiger partial charge in [0, 0.05) is 41.6 Å². The largest absolute Gasteiger partial charge is 0.478 e. The molecule has 0 fully saturated rings. The number of hydrogen-bond donors (Lipinski definition) is 2. The second-order valence-corrected chi connectivity index (χ2v) is 7.92. The molecular weight excluding hydrogens is 384 g/mol. The average Bonchev–Trinajstić information content (AvgIpc) is 2.94. The van der Waals surface area contributed by atoms with Crippen LogP contribution < -0.4 is 5.32 Å². The first-order chi connectivity index (χ1) is 13.9. The number of carbonyl (C=O) groups is 1. The molecule has 4 nitrogen and oxygen atoms in total. The summed E-state index contributed by atoms with van der Waals surface area (Å²) in [6.07, 6.45) is 0. The lowest BCUT2D eigenvalue weighted by Gasteiger charge is -2.14. The topological polar surface area (TPSA) is 54.3 Å². The van der Waals surface area contributed by atoms with Crippen molar-refractivity contribution in [2.45, 2.75) is 39.8 Å². The van der Waals surface area contributed by atoms with E-state index < -0.39 is 5.97 Å². The summed E-state index contributed by atoms with van der Waals surface area (Å²) in [7, 11) is 0. The first-order valence-corrected chi connectivity index (χ1v) is 10.2. The van der Waals surface area contributed by atoms with E-state index in [0.717, 1.165) is 29.1 Å². The maximum atomic E-state index is 12.0. The first kappa shape index (κ1) is 21.2. The molecule has 1 aromatic heterocycles. The van der Waals surface area contributed by atoms with Crippen molar-refractivity contribution < 1.29 is 9.90 Å². The van der Waals surface area contributed by atoms with Gasteiger partial charge in [-0.15, -0.1) is 0 Å². The Morgan fingerprint density at radius 3 is 2.34 bits per heavy atom. The fourth-order valence-electron chi connectivity index (χ4n) is 3.77. The molecule has 3 aromatic rings. The Kier molecular flexibility index (Phi) is 6.78. The van der Waals surface area contributed by atoms with Gasteiger partial charge in [0.15, 0.2) is 0 Å². The smallest absolute Gasteiger partial charge is 0.337 e. The van der Waals surface area contributed by atoms with Gasteiger partial charge in [-0.05, 0) is 43.0 Å². The normalized spacial score (nSPS) is 12.1. The van der Waals surface area contributed by atoms with Crippen molar-refractivity contribution in [2.24, 2.45) is 0 Å². The van der Waals surface area contributed by atoms with E-state index >= 15 is 0 Å². The maximum Gasteiger partial charge on any atom is 0.337 e. The Hall–Kier alpha value is -2.56. The molecule has 29 heavy (non-hydrogen) atoms. The van der Waals surface area contributed by atoms with Crippen LogP contribution in [0.2, 0.25) is 5.02 Å². The van der Waals surface area contributed by atoms with Crippen LogP contribution in [0, 0.1) is 13.8 Å². The molecule has 2 N–H and O–H groups in total. The molecule has 0 saturated heterocycles. The zero-order valence-electron chi connectivity index (χ0n) is 17.1. The Morgan fingerprint density at radius 2 is 1.72 bits per heavy atom. The van der Waals surface area contributed by atoms with E-state index in [-0.39, 0.29) is 0 Å². The molecule has 0 aliphatic heterocycles. The molecule has 0 radical (unpaired) electrons. The molecule has 1 unspecified atom stereocenters. The number of hydrogen-bond acceptors (Lipinski definition) is 2. The Labute approximate surface area is 177 Å². The van der Waals surface area contributed by atoms with Crippen molar-refractivity contribution in [3.8, 4) is 0 Å². The zero-order chi connectivity index (χ0) is 21.0. The van der Waals surface area contributed by atoms with Crippen LogP contribution >= 0.6 is 11.6 Å². The summed E-state index contributed by atoms with van der Waals surface area (Å²) in [5, 5.41) is 14.0. The number of benzene rings is 2. The number of nitrogens with zero attached hydrogens (tertiary/aromatic N) is 1. The van der Waals surface area contributed by atoms with Crippen LogP contribution in [0.5, 0.6) is 0 Å². The quantitative estimate of drug-likeness (QED) is 0.522. The maximum absolute atomic E-state index is 12.0. The lowest BCUT2D eigenvalue weighted by molar-refractivity contribution is 0.0694. The number of halogens is 1. The number of aromatic carboxylic acids is 1. The molecule has 0 amide bonds. The minimum atomic E-state index is -0.881. The van der Waals surface area contributed by atoms with Gasteiger partial charge < -0.3 is 15.0 Å². The van der Waals surface area contributed by atoms with Gasteiger partial charge in [-0.1, -0.05) is 61.0 Å². The van der Waals surface area contributed by atoms with Gasteiger partial charge in [-0.3, -0.25) is 0 Å². The molecule has 0 aliphatic carbocycles. The molecule has 1 heterocycles. The molecule has 5 heteroatoms. The van der Waals surface area contributed by atoms with E-state index in [4.69, 9.17) is 11.6 Å². The van der Waals surface area contributed by atoms with Gasteiger partial charge in [0.1, 0.15) is 0 Å². The monoisotopic (exact) mass is 410 g/mol. The highest BCUT2D eigenvalue weighted by Crippen LogP contribution is 2.24. The third-order valence-electron chi connectivity index (χ3n) is 5.50. The number of aromatic nitrogens is 1. The van der Waals surface area contributed by atoms with Gasteiger partial charge in [0.05, 0.1) is 5.56 Å². The van der Waals surface area contributed by atoms with Crippen LogP contribution in [0.1, 0.15) is 51.3 Å². The Morgan fingerprint density at radius 1 is 1.07 bits per heavy atom. The average molecular weight is 411 g/mol. The standard InChI is InChI=1S/C24H27ClN2O2/c1-16(20-7-5-4-6-8-20)13-26-14-22-17(2)27(18(3)23(22)24(28)29)15-19-9-11-21(25)12-10-19/h4-12,16,26H,13-15H2,1-3H3,(H,28,29). The molecule has 2 aromatic carbocycles. The number of rotatable bonds is 8. The van der Waals surface area contributed by atoms with E-state index in [0.29, 0.717) is 29.6 Å². The van der Waals surface area contributed by atoms with Gasteiger partial charge >= 0.3 is 5.97 Å². The molecule has 0 aliphatic rings. The van der Waals surface area contributed by atoms with E-state index in [2.05, 4.69) is 28.9 Å². The summed E-state index contributed by atoms with van der Waals surface area (Å²) >= 11 is 5.98. The molecule has 0 saturated carbocycles. The van der Waals surface area contributed by atoms with Crippen molar-refractivity contribution in [3.05, 3.63) is 93.3 Å². The van der Waals surface area contributed by atoms with Crippen molar-refractivity contribution in [3.63, 3.8) is 0 Å². The predicted molar refractivity (Wildman–Crippen MR) is 118 cm³/mol. The van der Waals surface area contributed by atoms with E-state index in [1.807, 2.05) is 56.3 Å². The number of carboxylic acids is 1. The fraction of sp³-hybridized carbons (Fsp3) is 0.292. The highest BCUT2D eigenvalue weighted by molar-refractivity contribution is 6.30. The molecule has 0 spiro atoms. The summed E-state index contributed by atoms with van der Waals surface area (Å²) in [5.41, 5.74) is 5.37. The lowest BCUT2D eigenvalue weighted by Crippen LogP contribution is -2.21. The molecular formula is C24H27ClN2O2. The van der Waals surface area contributed by atoms with E-state index in [1.54, 1.807) is 0 Å². The van der Waals surface area contributed by atoms with Crippen LogP contribution in [0.3, 0.4) is 0 Å². The first-order valence-electron chi connectivity index (χ1n) is 9.80. The highest BCUT2D eigenvalue weighted by Gasteiger charge is 2.22. The summed E-state index contributed by atoms with van der Waals surface area (Å²) < 4.78 is 2.07. The van der Waals surface area contributed by atoms with E-state index in [1.165, 1.54) is 5.56 Å². The Bertz CT molecular complexity index is 978. The lowest BCUT2D eigenvalue weighted by atomic mass is 10.0. The van der Waals surface area contributed by atoms with Crippen molar-refractivity contribution in [2.75, 3.05) is 6.54 Å². The van der Waals surface area contributed by atoms with E-state index in [9.17, 15) is 9.90 Å². The Balaban J connectivity index is 1.78. The van der Waals surface area contributed by atoms with Gasteiger partial charge in [0.2, 0.25) is 0 Å². The minimum Gasteiger partial charge on any atom is -0.478 e. The van der Waals surface area contributed by atoms with Gasteiger partial charge in [-0.2, -0.15) is 0 Å². The molecule has 152 valence electrons. The summed E-state index contributed by atoms with van der Waals surface area (Å²) in [6, 6.07) is 18.0. The highest BCUT2D eigenvalue weighted by atomic mass is 35.5. The zero-order valence-corrected chi connectivity index (χ0v) is 17.8. The second-order valence-electron chi connectivity index (χ2n) is 7.48. The van der Waals surface area contributed by atoms with Crippen molar-refractivity contribution >= 4 is 17.6 Å².